The summed E-state index contributed by atoms with van der Waals surface area (Å²) in [6.07, 6.45) is 1.39. The van der Waals surface area contributed by atoms with Crippen LogP contribution < -0.4 is 4.74 Å². The first-order chi connectivity index (χ1) is 9.52. The number of carboxylic acid groups (broad SMARTS) is 1. The summed E-state index contributed by atoms with van der Waals surface area (Å²) in [7, 11) is 1.43. The van der Waals surface area contributed by atoms with Crippen LogP contribution in [-0.4, -0.2) is 23.3 Å². The Morgan fingerprint density at radius 2 is 2.10 bits per heavy atom. The van der Waals surface area contributed by atoms with E-state index >= 15 is 0 Å². The van der Waals surface area contributed by atoms with Crippen molar-refractivity contribution >= 4 is 40.6 Å². The molecule has 2 rings (SSSR count). The topological polar surface area (TPSA) is 66.8 Å². The maximum atomic E-state index is 11.4. The van der Waals surface area contributed by atoms with Gasteiger partial charge in [-0.1, -0.05) is 23.7 Å². The van der Waals surface area contributed by atoms with Crippen molar-refractivity contribution in [2.24, 2.45) is 0 Å². The molecule has 104 valence electrons. The van der Waals surface area contributed by atoms with Gasteiger partial charge in [0.25, 0.3) is 0 Å². The Balaban J connectivity index is 2.52. The molecule has 0 aliphatic rings. The van der Waals surface area contributed by atoms with Crippen LogP contribution in [0.1, 0.15) is 10.4 Å². The summed E-state index contributed by atoms with van der Waals surface area (Å²) in [6.45, 7) is 0. The smallest absolute Gasteiger partial charge is 0.337 e. The SMILES string of the molecule is COc1cccc(/C=C(\C(=O)O)c2ccc(Cl)s2)c1O. The largest absolute Gasteiger partial charge is 0.504 e. The van der Waals surface area contributed by atoms with Crippen LogP contribution in [0, 0.1) is 0 Å². The minimum absolute atomic E-state index is 0.0606. The summed E-state index contributed by atoms with van der Waals surface area (Å²) in [4.78, 5) is 11.9. The van der Waals surface area contributed by atoms with Crippen molar-refractivity contribution in [1.29, 1.82) is 0 Å². The maximum absolute atomic E-state index is 11.4. The molecule has 1 aromatic heterocycles. The van der Waals surface area contributed by atoms with E-state index in [0.717, 1.165) is 11.3 Å². The van der Waals surface area contributed by atoms with Crippen molar-refractivity contribution in [2.45, 2.75) is 0 Å². The van der Waals surface area contributed by atoms with Gasteiger partial charge in [0.2, 0.25) is 0 Å². The van der Waals surface area contributed by atoms with Gasteiger partial charge in [0.05, 0.1) is 17.0 Å². The minimum atomic E-state index is -1.09. The van der Waals surface area contributed by atoms with E-state index in [2.05, 4.69) is 0 Å². The number of phenols is 1. The molecule has 1 aromatic carbocycles. The van der Waals surface area contributed by atoms with Crippen LogP contribution in [-0.2, 0) is 4.79 Å². The van der Waals surface area contributed by atoms with E-state index in [4.69, 9.17) is 16.3 Å². The number of halogens is 1. The number of phenolic OH excluding ortho intramolecular Hbond substituents is 1. The molecule has 0 aliphatic carbocycles. The third-order valence-corrected chi connectivity index (χ3v) is 3.88. The Hall–Kier alpha value is -1.98. The highest BCUT2D eigenvalue weighted by Crippen LogP contribution is 2.34. The van der Waals surface area contributed by atoms with Gasteiger partial charge in [0.1, 0.15) is 0 Å². The summed E-state index contributed by atoms with van der Waals surface area (Å²) < 4.78 is 5.49. The van der Waals surface area contributed by atoms with Crippen molar-refractivity contribution in [3.05, 3.63) is 45.1 Å². The third-order valence-electron chi connectivity index (χ3n) is 2.62. The minimum Gasteiger partial charge on any atom is -0.504 e. The number of rotatable bonds is 4. The lowest BCUT2D eigenvalue weighted by molar-refractivity contribution is -0.130. The van der Waals surface area contributed by atoms with Crippen LogP contribution in [0.2, 0.25) is 4.34 Å². The zero-order valence-corrected chi connectivity index (χ0v) is 12.0. The van der Waals surface area contributed by atoms with Gasteiger partial charge in [-0.3, -0.25) is 0 Å². The van der Waals surface area contributed by atoms with E-state index in [1.54, 1.807) is 30.3 Å². The number of aliphatic carboxylic acids is 1. The zero-order valence-electron chi connectivity index (χ0n) is 10.5. The van der Waals surface area contributed by atoms with Crippen molar-refractivity contribution in [2.75, 3.05) is 7.11 Å². The van der Waals surface area contributed by atoms with Crippen molar-refractivity contribution in [1.82, 2.24) is 0 Å². The molecule has 2 aromatic rings. The van der Waals surface area contributed by atoms with E-state index < -0.39 is 5.97 Å². The average molecular weight is 311 g/mol. The zero-order chi connectivity index (χ0) is 14.7. The highest BCUT2D eigenvalue weighted by Gasteiger charge is 2.15. The Kier molecular flexibility index (Phi) is 4.32. The molecule has 0 bridgehead atoms. The predicted octanol–water partition coefficient (Wildman–Crippen LogP) is 3.74. The van der Waals surface area contributed by atoms with Crippen LogP contribution in [0.4, 0.5) is 0 Å². The molecule has 0 unspecified atom stereocenters. The monoisotopic (exact) mass is 310 g/mol. The number of ether oxygens (including phenoxy) is 1. The maximum Gasteiger partial charge on any atom is 0.337 e. The van der Waals surface area contributed by atoms with Gasteiger partial charge in [-0.25, -0.2) is 4.79 Å². The van der Waals surface area contributed by atoms with Crippen LogP contribution in [0.25, 0.3) is 11.6 Å². The fraction of sp³-hybridized carbons (Fsp3) is 0.0714. The lowest BCUT2D eigenvalue weighted by atomic mass is 10.1. The second-order valence-electron chi connectivity index (χ2n) is 3.87. The molecule has 2 N–H and O–H groups in total. The first-order valence-electron chi connectivity index (χ1n) is 5.59. The standard InChI is InChI=1S/C14H11ClO4S/c1-19-10-4-2-3-8(13(10)16)7-9(14(17)18)11-5-6-12(15)20-11/h2-7,16H,1H3,(H,17,18)/b9-7-. The number of methoxy groups -OCH3 is 1. The van der Waals surface area contributed by atoms with E-state index in [0.29, 0.717) is 14.8 Å². The van der Waals surface area contributed by atoms with Crippen LogP contribution in [0.15, 0.2) is 30.3 Å². The van der Waals surface area contributed by atoms with Crippen molar-refractivity contribution in [3.8, 4) is 11.5 Å². The summed E-state index contributed by atoms with van der Waals surface area (Å²) in [5.41, 5.74) is 0.428. The number of aromatic hydroxyl groups is 1. The molecule has 6 heteroatoms. The molecular formula is C14H11ClO4S. The summed E-state index contributed by atoms with van der Waals surface area (Å²) in [5, 5.41) is 19.3. The van der Waals surface area contributed by atoms with Crippen molar-refractivity contribution < 1.29 is 19.7 Å². The number of hydrogen-bond acceptors (Lipinski definition) is 4. The molecule has 4 nitrogen and oxygen atoms in total. The number of carbonyl (C=O) groups is 1. The molecule has 1 heterocycles. The predicted molar refractivity (Wildman–Crippen MR) is 79.5 cm³/mol. The summed E-state index contributed by atoms with van der Waals surface area (Å²) >= 11 is 6.98. The van der Waals surface area contributed by atoms with Gasteiger partial charge in [-0.15, -0.1) is 11.3 Å². The normalized spacial score (nSPS) is 11.4. The van der Waals surface area contributed by atoms with Crippen LogP contribution in [0.5, 0.6) is 11.5 Å². The number of carboxylic acids is 1. The molecule has 0 atom stereocenters. The lowest BCUT2D eigenvalue weighted by Gasteiger charge is -2.06. The average Bonchev–Trinajstić information content (AvgIpc) is 2.83. The summed E-state index contributed by atoms with van der Waals surface area (Å²) in [6, 6.07) is 8.13. The first kappa shape index (κ1) is 14.4. The van der Waals surface area contributed by atoms with Crippen molar-refractivity contribution in [3.63, 3.8) is 0 Å². The van der Waals surface area contributed by atoms with Gasteiger partial charge >= 0.3 is 5.97 Å². The second-order valence-corrected chi connectivity index (χ2v) is 5.58. The number of para-hydroxylation sites is 1. The quantitative estimate of drug-likeness (QED) is 0.844. The number of hydrogen-bond donors (Lipinski definition) is 2. The lowest BCUT2D eigenvalue weighted by Crippen LogP contribution is -1.97. The Labute approximate surface area is 124 Å². The fourth-order valence-electron chi connectivity index (χ4n) is 1.67. The van der Waals surface area contributed by atoms with E-state index in [1.807, 2.05) is 0 Å². The molecule has 0 aliphatic heterocycles. The molecule has 0 spiro atoms. The van der Waals surface area contributed by atoms with E-state index in [1.165, 1.54) is 13.2 Å². The molecule has 0 radical (unpaired) electrons. The molecule has 20 heavy (non-hydrogen) atoms. The fourth-order valence-corrected chi connectivity index (χ4v) is 2.72. The van der Waals surface area contributed by atoms with Gasteiger partial charge in [0.15, 0.2) is 11.5 Å². The van der Waals surface area contributed by atoms with E-state index in [-0.39, 0.29) is 17.1 Å². The third kappa shape index (κ3) is 2.95. The highest BCUT2D eigenvalue weighted by atomic mass is 35.5. The van der Waals surface area contributed by atoms with Gasteiger partial charge in [0, 0.05) is 10.4 Å². The highest BCUT2D eigenvalue weighted by molar-refractivity contribution is 7.17. The summed E-state index contributed by atoms with van der Waals surface area (Å²) in [5.74, 6) is -0.908. The van der Waals surface area contributed by atoms with Crippen LogP contribution in [0.3, 0.4) is 0 Å². The van der Waals surface area contributed by atoms with Crippen LogP contribution >= 0.6 is 22.9 Å². The number of benzene rings is 1. The molecule has 0 fully saturated rings. The molecule has 0 saturated heterocycles. The Morgan fingerprint density at radius 1 is 1.35 bits per heavy atom. The van der Waals surface area contributed by atoms with Gasteiger partial charge in [-0.05, 0) is 24.3 Å². The molecular weight excluding hydrogens is 300 g/mol. The molecule has 0 saturated carbocycles. The molecule has 0 amide bonds. The second kappa shape index (κ2) is 5.98. The Morgan fingerprint density at radius 3 is 2.65 bits per heavy atom. The Bertz CT molecular complexity index is 676. The van der Waals surface area contributed by atoms with E-state index in [9.17, 15) is 15.0 Å². The van der Waals surface area contributed by atoms with Gasteiger partial charge < -0.3 is 14.9 Å². The number of thiophene rings is 1. The van der Waals surface area contributed by atoms with Gasteiger partial charge in [-0.2, -0.15) is 0 Å². The first-order valence-corrected chi connectivity index (χ1v) is 6.79.